The Morgan fingerprint density at radius 3 is 2.48 bits per heavy atom. The summed E-state index contributed by atoms with van der Waals surface area (Å²) < 4.78 is 55.5. The lowest BCUT2D eigenvalue weighted by Crippen LogP contribution is -2.14. The van der Waals surface area contributed by atoms with E-state index in [4.69, 9.17) is 23.2 Å². The monoisotopic (exact) mass is 373 g/mol. The van der Waals surface area contributed by atoms with E-state index in [0.29, 0.717) is 0 Å². The van der Waals surface area contributed by atoms with Gasteiger partial charge in [-0.15, -0.1) is 11.3 Å². The molecule has 0 bridgehead atoms. The van der Waals surface area contributed by atoms with Gasteiger partial charge in [0.1, 0.15) is 15.0 Å². The van der Waals surface area contributed by atoms with Crippen molar-refractivity contribution in [3.05, 3.63) is 39.0 Å². The van der Waals surface area contributed by atoms with Gasteiger partial charge in [0.25, 0.3) is 10.0 Å². The molecule has 1 heterocycles. The van der Waals surface area contributed by atoms with Crippen LogP contribution in [-0.2, 0) is 10.0 Å². The summed E-state index contributed by atoms with van der Waals surface area (Å²) in [7, 11) is -4.06. The molecule has 0 saturated carbocycles. The highest BCUT2D eigenvalue weighted by Gasteiger charge is 2.22. The van der Waals surface area contributed by atoms with E-state index >= 15 is 0 Å². The van der Waals surface area contributed by atoms with Crippen LogP contribution >= 0.6 is 34.5 Å². The summed E-state index contributed by atoms with van der Waals surface area (Å²) in [4.78, 5) is -0.231. The first-order valence-corrected chi connectivity index (χ1v) is 8.36. The average molecular weight is 374 g/mol. The summed E-state index contributed by atoms with van der Waals surface area (Å²) in [5, 5.41) is 0. The lowest BCUT2D eigenvalue weighted by Gasteiger charge is -2.12. The first-order valence-electron chi connectivity index (χ1n) is 5.31. The Morgan fingerprint density at radius 2 is 1.90 bits per heavy atom. The molecule has 0 fully saturated rings. The molecule has 0 saturated heterocycles. The van der Waals surface area contributed by atoms with Gasteiger partial charge in [-0.2, -0.15) is 8.78 Å². The van der Waals surface area contributed by atoms with E-state index in [2.05, 4.69) is 9.46 Å². The smallest absolute Gasteiger partial charge is 0.387 e. The summed E-state index contributed by atoms with van der Waals surface area (Å²) >= 11 is 12.4. The van der Waals surface area contributed by atoms with Crippen molar-refractivity contribution in [3.8, 4) is 5.75 Å². The molecule has 0 unspecified atom stereocenters. The summed E-state index contributed by atoms with van der Waals surface area (Å²) in [6.45, 7) is -3.07. The van der Waals surface area contributed by atoms with Gasteiger partial charge in [-0.1, -0.05) is 35.3 Å². The van der Waals surface area contributed by atoms with Crippen molar-refractivity contribution in [1.29, 1.82) is 0 Å². The number of para-hydroxylation sites is 2. The highest BCUT2D eigenvalue weighted by molar-refractivity contribution is 7.93. The zero-order chi connectivity index (χ0) is 15.6. The van der Waals surface area contributed by atoms with Crippen molar-refractivity contribution in [3.63, 3.8) is 0 Å². The fourth-order valence-corrected chi connectivity index (χ4v) is 4.68. The van der Waals surface area contributed by atoms with Gasteiger partial charge in [0, 0.05) is 0 Å². The first-order chi connectivity index (χ1) is 9.79. The molecule has 0 radical (unpaired) electrons. The second-order valence-electron chi connectivity index (χ2n) is 3.67. The predicted molar refractivity (Wildman–Crippen MR) is 78.2 cm³/mol. The number of sulfonamides is 1. The van der Waals surface area contributed by atoms with Crippen LogP contribution in [0.25, 0.3) is 0 Å². The van der Waals surface area contributed by atoms with Crippen molar-refractivity contribution in [2.75, 3.05) is 4.72 Å². The molecule has 1 N–H and O–H groups in total. The molecule has 21 heavy (non-hydrogen) atoms. The van der Waals surface area contributed by atoms with E-state index in [0.717, 1.165) is 11.3 Å². The number of hydrogen-bond acceptors (Lipinski definition) is 4. The fraction of sp³-hybridized carbons (Fsp3) is 0.0909. The number of ether oxygens (including phenoxy) is 1. The third-order valence-electron chi connectivity index (χ3n) is 2.26. The van der Waals surface area contributed by atoms with Gasteiger partial charge in [0.05, 0.1) is 10.0 Å². The fourth-order valence-electron chi connectivity index (χ4n) is 1.46. The van der Waals surface area contributed by atoms with E-state index < -0.39 is 16.6 Å². The Labute approximate surface area is 133 Å². The van der Waals surface area contributed by atoms with Crippen LogP contribution in [0, 0.1) is 0 Å². The van der Waals surface area contributed by atoms with Crippen LogP contribution < -0.4 is 9.46 Å². The molecule has 0 aliphatic rings. The van der Waals surface area contributed by atoms with Gasteiger partial charge < -0.3 is 4.74 Å². The Hall–Kier alpha value is -1.09. The number of halogens is 4. The standard InChI is InChI=1S/C11H7Cl2F2NO3S2/c12-9-5-8(10(13)20-9)21(17,18)16-6-3-1-2-4-7(6)19-11(14)15/h1-5,11,16H. The normalized spacial score (nSPS) is 11.7. The maximum Gasteiger partial charge on any atom is 0.387 e. The molecule has 0 aliphatic carbocycles. The van der Waals surface area contributed by atoms with Gasteiger partial charge in [0.15, 0.2) is 0 Å². The zero-order valence-electron chi connectivity index (χ0n) is 10.0. The van der Waals surface area contributed by atoms with Gasteiger partial charge in [-0.3, -0.25) is 4.72 Å². The molecular weight excluding hydrogens is 367 g/mol. The van der Waals surface area contributed by atoms with Crippen molar-refractivity contribution in [2.45, 2.75) is 11.5 Å². The minimum Gasteiger partial charge on any atom is -0.433 e. The molecule has 0 atom stereocenters. The van der Waals surface area contributed by atoms with E-state index in [1.807, 2.05) is 0 Å². The van der Waals surface area contributed by atoms with Crippen molar-refractivity contribution >= 4 is 50.2 Å². The minimum absolute atomic E-state index is 0.0280. The maximum absolute atomic E-state index is 12.3. The Morgan fingerprint density at radius 1 is 1.24 bits per heavy atom. The molecule has 2 rings (SSSR count). The largest absolute Gasteiger partial charge is 0.433 e. The molecule has 1 aromatic heterocycles. The first kappa shape index (κ1) is 16.3. The number of alkyl halides is 2. The Balaban J connectivity index is 2.35. The molecule has 0 amide bonds. The molecule has 2 aromatic rings. The van der Waals surface area contributed by atoms with Crippen LogP contribution in [0.5, 0.6) is 5.75 Å². The zero-order valence-corrected chi connectivity index (χ0v) is 13.2. The third-order valence-corrected chi connectivity index (χ3v) is 5.38. The second-order valence-corrected chi connectivity index (χ2v) is 7.61. The minimum atomic E-state index is -4.06. The summed E-state index contributed by atoms with van der Waals surface area (Å²) in [5.74, 6) is -0.298. The number of rotatable bonds is 5. The van der Waals surface area contributed by atoms with E-state index in [9.17, 15) is 17.2 Å². The number of nitrogens with one attached hydrogen (secondary N) is 1. The average Bonchev–Trinajstić information content (AvgIpc) is 2.71. The second kappa shape index (κ2) is 6.35. The van der Waals surface area contributed by atoms with E-state index in [1.165, 1.54) is 30.3 Å². The SMILES string of the molecule is O=S(=O)(Nc1ccccc1OC(F)F)c1cc(Cl)sc1Cl. The molecule has 10 heteroatoms. The summed E-state index contributed by atoms with van der Waals surface area (Å²) in [6.07, 6.45) is 0. The molecular formula is C11H7Cl2F2NO3S2. The van der Waals surface area contributed by atoms with Crippen LogP contribution in [0.2, 0.25) is 8.67 Å². The van der Waals surface area contributed by atoms with Gasteiger partial charge in [-0.25, -0.2) is 8.42 Å². The van der Waals surface area contributed by atoms with Crippen molar-refractivity contribution in [2.24, 2.45) is 0 Å². The van der Waals surface area contributed by atoms with Crippen LogP contribution in [0.15, 0.2) is 35.2 Å². The highest BCUT2D eigenvalue weighted by atomic mass is 35.5. The van der Waals surface area contributed by atoms with Crippen molar-refractivity contribution < 1.29 is 21.9 Å². The number of hydrogen-bond donors (Lipinski definition) is 1. The maximum atomic E-state index is 12.3. The number of thiophene rings is 1. The highest BCUT2D eigenvalue weighted by Crippen LogP contribution is 2.36. The van der Waals surface area contributed by atoms with Crippen molar-refractivity contribution in [1.82, 2.24) is 0 Å². The lowest BCUT2D eigenvalue weighted by molar-refractivity contribution is -0.0493. The lowest BCUT2D eigenvalue weighted by atomic mass is 10.3. The van der Waals surface area contributed by atoms with E-state index in [1.54, 1.807) is 0 Å². The Bertz CT molecular complexity index is 750. The predicted octanol–water partition coefficient (Wildman–Crippen LogP) is 4.46. The quantitative estimate of drug-likeness (QED) is 0.841. The van der Waals surface area contributed by atoms with Crippen LogP contribution in [0.4, 0.5) is 14.5 Å². The summed E-state index contributed by atoms with van der Waals surface area (Å²) in [5.41, 5.74) is -0.129. The van der Waals surface area contributed by atoms with E-state index in [-0.39, 0.29) is 25.0 Å². The Kier molecular flexibility index (Phi) is 4.92. The molecule has 4 nitrogen and oxygen atoms in total. The number of benzene rings is 1. The molecule has 0 aliphatic heterocycles. The van der Waals surface area contributed by atoms with Gasteiger partial charge in [-0.05, 0) is 18.2 Å². The molecule has 114 valence electrons. The van der Waals surface area contributed by atoms with Crippen LogP contribution in [-0.4, -0.2) is 15.0 Å². The topological polar surface area (TPSA) is 55.4 Å². The molecule has 0 spiro atoms. The third kappa shape index (κ3) is 3.97. The number of anilines is 1. The van der Waals surface area contributed by atoms with Gasteiger partial charge >= 0.3 is 6.61 Å². The van der Waals surface area contributed by atoms with Crippen LogP contribution in [0.3, 0.4) is 0 Å². The molecule has 1 aromatic carbocycles. The van der Waals surface area contributed by atoms with Crippen LogP contribution in [0.1, 0.15) is 0 Å². The van der Waals surface area contributed by atoms with Gasteiger partial charge in [0.2, 0.25) is 0 Å². The summed E-state index contributed by atoms with van der Waals surface area (Å²) in [6, 6.07) is 6.58.